The Bertz CT molecular complexity index is 1520. The molecule has 0 unspecified atom stereocenters. The molecule has 0 bridgehead atoms. The number of aryl methyl sites for hydroxylation is 1. The number of phenolic OH excluding ortho intramolecular Hbond substituents is 1. The van der Waals surface area contributed by atoms with E-state index in [0.29, 0.717) is 34.4 Å². The van der Waals surface area contributed by atoms with E-state index in [2.05, 4.69) is 15.4 Å². The summed E-state index contributed by atoms with van der Waals surface area (Å²) in [6.07, 6.45) is 1.67. The van der Waals surface area contributed by atoms with E-state index < -0.39 is 0 Å². The zero-order chi connectivity index (χ0) is 25.7. The summed E-state index contributed by atoms with van der Waals surface area (Å²) in [4.78, 5) is 4.07. The van der Waals surface area contributed by atoms with Crippen LogP contribution in [0.2, 0.25) is 0 Å². The first kappa shape index (κ1) is 24.4. The number of nitrogen functional groups attached to an aromatic ring is 2. The summed E-state index contributed by atoms with van der Waals surface area (Å²) in [5.41, 5.74) is 15.0. The molecular formula is C26H25N7O2S. The number of hydrogen-bond acceptors (Lipinski definition) is 9. The van der Waals surface area contributed by atoms with Crippen LogP contribution >= 0.6 is 11.3 Å². The monoisotopic (exact) mass is 499 g/mol. The molecule has 0 aliphatic carbocycles. The molecule has 36 heavy (non-hydrogen) atoms. The maximum Gasteiger partial charge on any atom is 0.212 e. The van der Waals surface area contributed by atoms with Gasteiger partial charge in [0.1, 0.15) is 28.9 Å². The number of nitrogens with one attached hydrogen (secondary N) is 1. The summed E-state index contributed by atoms with van der Waals surface area (Å²) in [6, 6.07) is 19.4. The Morgan fingerprint density at radius 1 is 1.17 bits per heavy atom. The van der Waals surface area contributed by atoms with Crippen molar-refractivity contribution in [2.24, 2.45) is 0 Å². The zero-order valence-corrected chi connectivity index (χ0v) is 20.6. The van der Waals surface area contributed by atoms with Gasteiger partial charge < -0.3 is 26.6 Å². The maximum atomic E-state index is 10.3. The fraction of sp³-hybridized carbons (Fsp3) is 0.115. The van der Waals surface area contributed by atoms with Crippen molar-refractivity contribution in [3.63, 3.8) is 0 Å². The first-order valence-corrected chi connectivity index (χ1v) is 11.8. The van der Waals surface area contributed by atoms with Gasteiger partial charge in [-0.25, -0.2) is 4.98 Å². The van der Waals surface area contributed by atoms with E-state index in [4.69, 9.17) is 21.5 Å². The molecule has 0 atom stereocenters. The van der Waals surface area contributed by atoms with Crippen LogP contribution in [0.15, 0.2) is 66.2 Å². The summed E-state index contributed by atoms with van der Waals surface area (Å²) >= 11 is 1.42. The lowest BCUT2D eigenvalue weighted by Crippen LogP contribution is -2.01. The maximum absolute atomic E-state index is 10.3. The molecule has 5 aromatic rings. The number of nitriles is 1. The minimum Gasteiger partial charge on any atom is -0.505 e. The highest BCUT2D eigenvalue weighted by Crippen LogP contribution is 2.34. The van der Waals surface area contributed by atoms with E-state index in [0.717, 1.165) is 27.8 Å². The van der Waals surface area contributed by atoms with Crippen molar-refractivity contribution >= 4 is 39.3 Å². The number of nitrogens with zero attached hydrogens (tertiary/aromatic N) is 4. The molecule has 0 aliphatic heterocycles. The number of benzene rings is 3. The molecule has 9 nitrogen and oxygen atoms in total. The Labute approximate surface area is 212 Å². The second-order valence-electron chi connectivity index (χ2n) is 7.79. The van der Waals surface area contributed by atoms with Crippen LogP contribution in [0.1, 0.15) is 16.8 Å². The van der Waals surface area contributed by atoms with Gasteiger partial charge in [0.05, 0.1) is 18.5 Å². The van der Waals surface area contributed by atoms with Crippen molar-refractivity contribution in [2.45, 2.75) is 13.5 Å². The van der Waals surface area contributed by atoms with Gasteiger partial charge in [0, 0.05) is 34.8 Å². The summed E-state index contributed by atoms with van der Waals surface area (Å²) in [7, 11) is 1.64. The van der Waals surface area contributed by atoms with Gasteiger partial charge in [-0.1, -0.05) is 24.3 Å². The number of phenols is 1. The Kier molecular flexibility index (Phi) is 7.23. The molecule has 6 N–H and O–H groups in total. The van der Waals surface area contributed by atoms with Gasteiger partial charge in [-0.05, 0) is 42.6 Å². The van der Waals surface area contributed by atoms with Gasteiger partial charge in [-0.2, -0.15) is 15.0 Å². The molecule has 0 saturated heterocycles. The summed E-state index contributed by atoms with van der Waals surface area (Å²) < 4.78 is 6.62. The van der Waals surface area contributed by atoms with Crippen molar-refractivity contribution < 1.29 is 9.84 Å². The van der Waals surface area contributed by atoms with Gasteiger partial charge in [-0.15, -0.1) is 11.3 Å². The average molecular weight is 500 g/mol. The van der Waals surface area contributed by atoms with Crippen LogP contribution in [0.5, 0.6) is 11.5 Å². The van der Waals surface area contributed by atoms with E-state index >= 15 is 0 Å². The van der Waals surface area contributed by atoms with Crippen LogP contribution in [-0.2, 0) is 6.54 Å². The smallest absolute Gasteiger partial charge is 0.212 e. The molecular weight excluding hydrogens is 474 g/mol. The molecule has 0 saturated carbocycles. The van der Waals surface area contributed by atoms with E-state index in [-0.39, 0.29) is 5.75 Å². The van der Waals surface area contributed by atoms with Crippen molar-refractivity contribution in [2.75, 3.05) is 23.9 Å². The quantitative estimate of drug-likeness (QED) is 0.198. The first-order chi connectivity index (χ1) is 17.4. The van der Waals surface area contributed by atoms with Gasteiger partial charge in [0.25, 0.3) is 0 Å². The van der Waals surface area contributed by atoms with Crippen molar-refractivity contribution in [3.8, 4) is 22.7 Å². The minimum absolute atomic E-state index is 0.139. The molecule has 3 aromatic carbocycles. The number of rotatable bonds is 5. The Hall–Kier alpha value is -4.75. The van der Waals surface area contributed by atoms with E-state index in [1.807, 2.05) is 66.0 Å². The predicted molar refractivity (Wildman–Crippen MR) is 143 cm³/mol. The fourth-order valence-electron chi connectivity index (χ4n) is 3.62. The molecule has 182 valence electrons. The molecule has 10 heteroatoms. The van der Waals surface area contributed by atoms with Gasteiger partial charge in [-0.3, -0.25) is 0 Å². The number of fused-ring (bicyclic) bond motifs is 1. The second-order valence-corrected chi connectivity index (χ2v) is 8.66. The average Bonchev–Trinajstić information content (AvgIpc) is 3.53. The summed E-state index contributed by atoms with van der Waals surface area (Å²) in [5, 5.41) is 30.9. The van der Waals surface area contributed by atoms with Crippen LogP contribution in [0.3, 0.4) is 0 Å². The molecule has 5 rings (SSSR count). The highest BCUT2D eigenvalue weighted by atomic mass is 32.1. The summed E-state index contributed by atoms with van der Waals surface area (Å²) in [5.74, 6) is 1.29. The molecule has 0 spiro atoms. The van der Waals surface area contributed by atoms with Gasteiger partial charge in [0.15, 0.2) is 0 Å². The summed E-state index contributed by atoms with van der Waals surface area (Å²) in [6.45, 7) is 2.24. The van der Waals surface area contributed by atoms with Crippen LogP contribution in [0.4, 0.5) is 17.2 Å². The van der Waals surface area contributed by atoms with Crippen LogP contribution in [0.25, 0.3) is 15.9 Å². The van der Waals surface area contributed by atoms with Crippen LogP contribution in [0, 0.1) is 18.3 Å². The van der Waals surface area contributed by atoms with Crippen LogP contribution < -0.4 is 21.5 Å². The van der Waals surface area contributed by atoms with Gasteiger partial charge >= 0.3 is 0 Å². The molecule has 0 amide bonds. The molecule has 0 radical (unpaired) electrons. The topological polar surface area (TPSA) is 148 Å². The first-order valence-electron chi connectivity index (χ1n) is 10.9. The fourth-order valence-corrected chi connectivity index (χ4v) is 4.22. The third kappa shape index (κ3) is 5.01. The van der Waals surface area contributed by atoms with Crippen molar-refractivity contribution in [1.29, 1.82) is 5.26 Å². The third-order valence-electron chi connectivity index (χ3n) is 5.52. The molecule has 2 heterocycles. The molecule has 0 aliphatic rings. The lowest BCUT2D eigenvalue weighted by atomic mass is 10.0. The number of aromatic nitrogens is 3. The number of aromatic hydroxyl groups is 1. The van der Waals surface area contributed by atoms with E-state index in [1.54, 1.807) is 20.2 Å². The SMILES string of the molecule is COc1ccc(NCc2cc3ccccc3c(N)c2O)cc1.Cc1nn(-c2nccs2)c(N)c1C#N. The normalized spacial score (nSPS) is 10.4. The lowest BCUT2D eigenvalue weighted by Gasteiger charge is -2.12. The van der Waals surface area contributed by atoms with Crippen molar-refractivity contribution in [1.82, 2.24) is 14.8 Å². The van der Waals surface area contributed by atoms with Crippen molar-refractivity contribution in [3.05, 3.63) is 83.0 Å². The Morgan fingerprint density at radius 3 is 2.56 bits per heavy atom. The number of hydrogen-bond donors (Lipinski definition) is 4. The molecule has 2 aromatic heterocycles. The van der Waals surface area contributed by atoms with E-state index in [1.165, 1.54) is 16.0 Å². The molecule has 0 fully saturated rings. The predicted octanol–water partition coefficient (Wildman–Crippen LogP) is 4.84. The number of ether oxygens (including phenoxy) is 1. The number of anilines is 3. The zero-order valence-electron chi connectivity index (χ0n) is 19.8. The largest absolute Gasteiger partial charge is 0.505 e. The highest BCUT2D eigenvalue weighted by molar-refractivity contribution is 7.12. The number of thiazole rings is 1. The minimum atomic E-state index is 0.139. The highest BCUT2D eigenvalue weighted by Gasteiger charge is 2.14. The van der Waals surface area contributed by atoms with Gasteiger partial charge in [0.2, 0.25) is 5.13 Å². The standard InChI is InChI=1S/C18H18N2O2.C8H7N5S/c1-22-15-8-6-14(7-9-15)20-11-13-10-12-4-2-3-5-16(12)17(19)18(13)21;1-5-6(4-9)7(10)13(12-5)8-11-2-3-14-8/h2-10,20-21H,11,19H2,1H3;2-3H,10H2,1H3. The number of nitrogens with two attached hydrogens (primary N) is 2. The Balaban J connectivity index is 0.000000187. The van der Waals surface area contributed by atoms with Crippen LogP contribution in [-0.4, -0.2) is 27.0 Å². The number of methoxy groups -OCH3 is 1. The van der Waals surface area contributed by atoms with E-state index in [9.17, 15) is 5.11 Å². The third-order valence-corrected chi connectivity index (χ3v) is 6.27. The second kappa shape index (κ2) is 10.7. The Morgan fingerprint density at radius 2 is 1.92 bits per heavy atom. The lowest BCUT2D eigenvalue weighted by molar-refractivity contribution is 0.415.